The number of aromatic nitrogens is 1. The van der Waals surface area contributed by atoms with Crippen molar-refractivity contribution < 1.29 is 18.6 Å². The largest absolute Gasteiger partial charge is 0.334 e. The first-order chi connectivity index (χ1) is 14.0. The van der Waals surface area contributed by atoms with Gasteiger partial charge < -0.3 is 4.57 Å². The van der Waals surface area contributed by atoms with Crippen LogP contribution in [0.2, 0.25) is 0 Å². The molecule has 151 valence electrons. The third-order valence-electron chi connectivity index (χ3n) is 6.12. The molecule has 0 spiro atoms. The van der Waals surface area contributed by atoms with Gasteiger partial charge in [-0.15, -0.1) is 11.5 Å². The van der Waals surface area contributed by atoms with Crippen molar-refractivity contribution in [2.45, 2.75) is 40.0 Å². The summed E-state index contributed by atoms with van der Waals surface area (Å²) in [6.45, 7) is 14.9. The fourth-order valence-electron chi connectivity index (χ4n) is 4.80. The molecule has 1 aliphatic rings. The molecule has 0 amide bonds. The summed E-state index contributed by atoms with van der Waals surface area (Å²) in [7, 11) is 0. The van der Waals surface area contributed by atoms with Crippen molar-refractivity contribution in [1.29, 1.82) is 0 Å². The maximum atomic E-state index is 4.08. The molecule has 4 aromatic rings. The van der Waals surface area contributed by atoms with Gasteiger partial charge in [0.05, 0.1) is 0 Å². The van der Waals surface area contributed by atoms with Crippen molar-refractivity contribution in [3.05, 3.63) is 96.1 Å². The molecule has 1 radical (unpaired) electrons. The van der Waals surface area contributed by atoms with Gasteiger partial charge >= 0.3 is 0 Å². The van der Waals surface area contributed by atoms with Gasteiger partial charge in [0.25, 0.3) is 0 Å². The summed E-state index contributed by atoms with van der Waals surface area (Å²) < 4.78 is 2.37. The quantitative estimate of drug-likeness (QED) is 0.286. The van der Waals surface area contributed by atoms with E-state index in [2.05, 4.69) is 92.6 Å². The van der Waals surface area contributed by atoms with Gasteiger partial charge in [-0.25, -0.2) is 0 Å². The van der Waals surface area contributed by atoms with E-state index >= 15 is 0 Å². The Hall–Kier alpha value is -2.48. The van der Waals surface area contributed by atoms with E-state index in [1.165, 1.54) is 49.8 Å². The standard InChI is InChI=1S/C26H22N.C2H6.V/c1-5-22-17(2)20-15-21-19-13-9-10-14-24(19)27(18-11-7-6-8-12-18)25(21)16-23(20)26(22,3)4;1-2;/h5-8,10-16H,1H2,2-4H3;1-2H3;/q-1;;. The first-order valence-electron chi connectivity index (χ1n) is 10.4. The molecule has 0 unspecified atom stereocenters. The summed E-state index contributed by atoms with van der Waals surface area (Å²) in [6, 6.07) is 24.9. The Bertz CT molecular complexity index is 1260. The number of fused-ring (bicyclic) bond motifs is 4. The monoisotopic (exact) mass is 429 g/mol. The first kappa shape index (κ1) is 22.2. The molecule has 0 aliphatic heterocycles. The molecule has 0 saturated heterocycles. The number of hydrogen-bond acceptors (Lipinski definition) is 0. The molecular weight excluding hydrogens is 401 g/mol. The number of rotatable bonds is 2. The van der Waals surface area contributed by atoms with Gasteiger partial charge in [0.15, 0.2) is 0 Å². The molecule has 1 aliphatic carbocycles. The van der Waals surface area contributed by atoms with Crippen molar-refractivity contribution in [1.82, 2.24) is 4.57 Å². The third-order valence-corrected chi connectivity index (χ3v) is 6.12. The van der Waals surface area contributed by atoms with Gasteiger partial charge in [0, 0.05) is 35.2 Å². The van der Waals surface area contributed by atoms with Gasteiger partial charge in [-0.3, -0.25) is 0 Å². The van der Waals surface area contributed by atoms with E-state index in [1.807, 2.05) is 26.0 Å². The molecule has 3 aromatic carbocycles. The topological polar surface area (TPSA) is 4.93 Å². The zero-order valence-electron chi connectivity index (χ0n) is 18.5. The van der Waals surface area contributed by atoms with Crippen LogP contribution in [0, 0.1) is 6.07 Å². The molecule has 0 atom stereocenters. The van der Waals surface area contributed by atoms with Gasteiger partial charge in [0.2, 0.25) is 0 Å². The van der Waals surface area contributed by atoms with Gasteiger partial charge in [-0.1, -0.05) is 70.1 Å². The fraction of sp³-hybridized carbons (Fsp3) is 0.214. The molecule has 0 fully saturated rings. The number of para-hydroxylation sites is 1. The number of nitrogens with zero attached hydrogens (tertiary/aromatic N) is 1. The van der Waals surface area contributed by atoms with Gasteiger partial charge in [-0.2, -0.15) is 18.2 Å². The molecule has 1 heterocycles. The van der Waals surface area contributed by atoms with E-state index in [0.29, 0.717) is 0 Å². The third kappa shape index (κ3) is 3.09. The Morgan fingerprint density at radius 2 is 1.67 bits per heavy atom. The Balaban J connectivity index is 0.000000830. The van der Waals surface area contributed by atoms with Crippen molar-refractivity contribution in [3.63, 3.8) is 0 Å². The molecule has 1 aromatic heterocycles. The molecule has 0 saturated carbocycles. The molecule has 30 heavy (non-hydrogen) atoms. The molecule has 0 bridgehead atoms. The predicted octanol–water partition coefficient (Wildman–Crippen LogP) is 7.86. The van der Waals surface area contributed by atoms with Gasteiger partial charge in [0.1, 0.15) is 0 Å². The Kier molecular flexibility index (Phi) is 6.17. The summed E-state index contributed by atoms with van der Waals surface area (Å²) in [4.78, 5) is 0. The Morgan fingerprint density at radius 3 is 2.33 bits per heavy atom. The van der Waals surface area contributed by atoms with Crippen LogP contribution in [-0.2, 0) is 24.0 Å². The normalized spacial score (nSPS) is 14.2. The summed E-state index contributed by atoms with van der Waals surface area (Å²) in [6.07, 6.45) is 2.02. The van der Waals surface area contributed by atoms with Crippen molar-refractivity contribution in [2.24, 2.45) is 0 Å². The fourth-order valence-corrected chi connectivity index (χ4v) is 4.80. The van der Waals surface area contributed by atoms with Crippen LogP contribution in [0.5, 0.6) is 0 Å². The predicted molar refractivity (Wildman–Crippen MR) is 127 cm³/mol. The summed E-state index contributed by atoms with van der Waals surface area (Å²) in [5.41, 5.74) is 9.03. The van der Waals surface area contributed by atoms with Gasteiger partial charge in [-0.05, 0) is 52.8 Å². The molecule has 2 heteroatoms. The number of benzene rings is 3. The zero-order chi connectivity index (χ0) is 20.8. The molecular formula is C28H28NV-. The van der Waals surface area contributed by atoms with Crippen LogP contribution in [0.15, 0.2) is 78.9 Å². The Labute approximate surface area is 192 Å². The van der Waals surface area contributed by atoms with Crippen LogP contribution < -0.4 is 0 Å². The maximum Gasteiger partial charge on any atom is 0.0438 e. The first-order valence-corrected chi connectivity index (χ1v) is 10.4. The van der Waals surface area contributed by atoms with E-state index in [9.17, 15) is 0 Å². The van der Waals surface area contributed by atoms with E-state index in [-0.39, 0.29) is 24.0 Å². The zero-order valence-corrected chi connectivity index (χ0v) is 19.8. The van der Waals surface area contributed by atoms with E-state index in [0.717, 1.165) is 0 Å². The average Bonchev–Trinajstić information content (AvgIpc) is 3.17. The van der Waals surface area contributed by atoms with E-state index < -0.39 is 0 Å². The van der Waals surface area contributed by atoms with Crippen molar-refractivity contribution >= 4 is 27.4 Å². The van der Waals surface area contributed by atoms with Crippen LogP contribution >= 0.6 is 0 Å². The smallest absolute Gasteiger partial charge is 0.0438 e. The second-order valence-electron chi connectivity index (χ2n) is 7.90. The minimum atomic E-state index is -0.0283. The molecule has 0 N–H and O–H groups in total. The molecule has 5 rings (SSSR count). The van der Waals surface area contributed by atoms with Crippen LogP contribution in [-0.4, -0.2) is 4.57 Å². The SMILES string of the molecule is C=CC1=C(C)c2cc3c4c[c-]ccc4n(-c4ccccc4)c3cc2C1(C)C.CC.[V]. The van der Waals surface area contributed by atoms with Crippen LogP contribution in [0.3, 0.4) is 0 Å². The molecule has 1 nitrogen and oxygen atoms in total. The van der Waals surface area contributed by atoms with E-state index in [4.69, 9.17) is 0 Å². The summed E-state index contributed by atoms with van der Waals surface area (Å²) in [5, 5.41) is 2.53. The minimum Gasteiger partial charge on any atom is -0.334 e. The van der Waals surface area contributed by atoms with E-state index in [1.54, 1.807) is 0 Å². The maximum absolute atomic E-state index is 4.08. The summed E-state index contributed by atoms with van der Waals surface area (Å²) >= 11 is 0. The summed E-state index contributed by atoms with van der Waals surface area (Å²) in [5.74, 6) is 0. The second kappa shape index (κ2) is 8.34. The Morgan fingerprint density at radius 1 is 0.967 bits per heavy atom. The van der Waals surface area contributed by atoms with Crippen LogP contribution in [0.25, 0.3) is 33.1 Å². The average molecular weight is 429 g/mol. The minimum absolute atomic E-state index is 0. The number of hydrogen-bond donors (Lipinski definition) is 0. The second-order valence-corrected chi connectivity index (χ2v) is 7.90. The van der Waals surface area contributed by atoms with Crippen molar-refractivity contribution in [2.75, 3.05) is 0 Å². The number of allylic oxidation sites excluding steroid dienone is 3. The van der Waals surface area contributed by atoms with Crippen LogP contribution in [0.4, 0.5) is 0 Å². The van der Waals surface area contributed by atoms with Crippen molar-refractivity contribution in [3.8, 4) is 5.69 Å². The van der Waals surface area contributed by atoms with Crippen LogP contribution in [0.1, 0.15) is 45.7 Å².